The van der Waals surface area contributed by atoms with Crippen LogP contribution in [-0.2, 0) is 20.4 Å². The predicted octanol–water partition coefficient (Wildman–Crippen LogP) is 1.38. The summed E-state index contributed by atoms with van der Waals surface area (Å²) >= 11 is 0. The molecular weight excluding hydrogens is 299 g/mol. The molecule has 1 N–H and O–H groups in total. The summed E-state index contributed by atoms with van der Waals surface area (Å²) < 4.78 is 86.8. The molecule has 0 spiro atoms. The van der Waals surface area contributed by atoms with E-state index in [4.69, 9.17) is 5.11 Å². The number of halogens is 5. The lowest BCUT2D eigenvalue weighted by Gasteiger charge is -2.07. The second kappa shape index (κ2) is 5.11. The van der Waals surface area contributed by atoms with Crippen LogP contribution in [0.2, 0.25) is 0 Å². The van der Waals surface area contributed by atoms with E-state index in [-0.39, 0.29) is 0 Å². The Hall–Kier alpha value is -1.71. The molecule has 19 heavy (non-hydrogen) atoms. The van der Waals surface area contributed by atoms with Crippen LogP contribution in [0.25, 0.3) is 0 Å². The zero-order valence-corrected chi connectivity index (χ0v) is 9.70. The lowest BCUT2D eigenvalue weighted by molar-refractivity contribution is -0.134. The van der Waals surface area contributed by atoms with E-state index in [1.54, 1.807) is 0 Å². The first kappa shape index (κ1) is 15.3. The Bertz CT molecular complexity index is 611. The molecule has 0 fully saturated rings. The molecule has 0 saturated carbocycles. The maximum absolute atomic E-state index is 13.1. The minimum Gasteiger partial charge on any atom is -0.480 e. The predicted molar refractivity (Wildman–Crippen MR) is 51.4 cm³/mol. The molecule has 0 aliphatic rings. The zero-order valence-electron chi connectivity index (χ0n) is 8.88. The highest BCUT2D eigenvalue weighted by atomic mass is 32.2. The van der Waals surface area contributed by atoms with E-state index in [0.717, 1.165) is 0 Å². The third-order valence-corrected chi connectivity index (χ3v) is 3.42. The first-order valence-corrected chi connectivity index (χ1v) is 6.31. The maximum Gasteiger partial charge on any atom is 0.318 e. The van der Waals surface area contributed by atoms with E-state index in [0.29, 0.717) is 0 Å². The fourth-order valence-corrected chi connectivity index (χ4v) is 2.41. The molecule has 0 aliphatic carbocycles. The van der Waals surface area contributed by atoms with Gasteiger partial charge in [-0.25, -0.2) is 30.4 Å². The summed E-state index contributed by atoms with van der Waals surface area (Å²) in [6.45, 7) is 0. The second-order valence-electron chi connectivity index (χ2n) is 3.47. The number of hydrogen-bond donors (Lipinski definition) is 1. The van der Waals surface area contributed by atoms with Crippen LogP contribution in [0.15, 0.2) is 0 Å². The van der Waals surface area contributed by atoms with Crippen molar-refractivity contribution in [1.82, 2.24) is 0 Å². The number of carboxylic acid groups (broad SMARTS) is 1. The quantitative estimate of drug-likeness (QED) is 0.518. The van der Waals surface area contributed by atoms with Crippen molar-refractivity contribution in [3.05, 3.63) is 34.6 Å². The fraction of sp³-hybridized carbons (Fsp3) is 0.222. The molecule has 106 valence electrons. The van der Waals surface area contributed by atoms with Crippen molar-refractivity contribution < 1.29 is 40.3 Å². The highest BCUT2D eigenvalue weighted by Gasteiger charge is 2.29. The van der Waals surface area contributed by atoms with Crippen LogP contribution in [0, 0.1) is 29.1 Å². The van der Waals surface area contributed by atoms with E-state index in [2.05, 4.69) is 0 Å². The van der Waals surface area contributed by atoms with E-state index in [1.807, 2.05) is 0 Å². The van der Waals surface area contributed by atoms with Gasteiger partial charge in [0.05, 0.1) is 5.75 Å². The minimum absolute atomic E-state index is 1.49. The summed E-state index contributed by atoms with van der Waals surface area (Å²) in [7, 11) is -4.56. The molecule has 1 aromatic rings. The van der Waals surface area contributed by atoms with Crippen LogP contribution in [-0.4, -0.2) is 25.2 Å². The molecule has 0 amide bonds. The maximum atomic E-state index is 13.1. The number of carbonyl (C=O) groups is 1. The van der Waals surface area contributed by atoms with Crippen molar-refractivity contribution in [2.75, 3.05) is 5.75 Å². The number of carboxylic acids is 1. The second-order valence-corrected chi connectivity index (χ2v) is 5.54. The molecule has 4 nitrogen and oxygen atoms in total. The summed E-state index contributed by atoms with van der Waals surface area (Å²) in [5.41, 5.74) is -1.59. The summed E-state index contributed by atoms with van der Waals surface area (Å²) in [5.74, 6) is -16.5. The molecule has 0 aromatic heterocycles. The first-order valence-electron chi connectivity index (χ1n) is 4.49. The van der Waals surface area contributed by atoms with Gasteiger partial charge in [0.1, 0.15) is 5.75 Å². The molecular formula is C9H5F5O4S. The van der Waals surface area contributed by atoms with E-state index in [1.165, 1.54) is 0 Å². The number of hydrogen-bond acceptors (Lipinski definition) is 3. The third-order valence-electron chi connectivity index (χ3n) is 2.01. The fourth-order valence-electron chi connectivity index (χ4n) is 1.24. The Kier molecular flexibility index (Phi) is 4.13. The number of benzene rings is 1. The van der Waals surface area contributed by atoms with Gasteiger partial charge in [0, 0.05) is 5.56 Å². The highest BCUT2D eigenvalue weighted by molar-refractivity contribution is 7.91. The van der Waals surface area contributed by atoms with Gasteiger partial charge < -0.3 is 5.11 Å². The van der Waals surface area contributed by atoms with E-state index >= 15 is 0 Å². The Balaban J connectivity index is 3.34. The van der Waals surface area contributed by atoms with Crippen molar-refractivity contribution >= 4 is 15.8 Å². The molecule has 0 bridgehead atoms. The number of sulfone groups is 1. The zero-order chi connectivity index (χ0) is 15.0. The van der Waals surface area contributed by atoms with Gasteiger partial charge in [0.25, 0.3) is 0 Å². The van der Waals surface area contributed by atoms with E-state index in [9.17, 15) is 35.2 Å². The average Bonchev–Trinajstić information content (AvgIpc) is 2.28. The molecule has 10 heteroatoms. The van der Waals surface area contributed by atoms with Gasteiger partial charge >= 0.3 is 5.97 Å². The molecule has 0 atom stereocenters. The Labute approximate surface area is 103 Å². The van der Waals surface area contributed by atoms with Gasteiger partial charge in [-0.1, -0.05) is 0 Å². The monoisotopic (exact) mass is 304 g/mol. The smallest absolute Gasteiger partial charge is 0.318 e. The number of rotatable bonds is 4. The molecule has 0 aliphatic heterocycles. The molecule has 1 rings (SSSR count). The summed E-state index contributed by atoms with van der Waals surface area (Å²) in [4.78, 5) is 10.2. The normalized spacial score (nSPS) is 11.6. The van der Waals surface area contributed by atoms with Crippen molar-refractivity contribution in [2.45, 2.75) is 5.75 Å². The van der Waals surface area contributed by atoms with Crippen LogP contribution in [0.5, 0.6) is 0 Å². The highest BCUT2D eigenvalue weighted by Crippen LogP contribution is 2.24. The van der Waals surface area contributed by atoms with Crippen LogP contribution in [0.3, 0.4) is 0 Å². The lowest BCUT2D eigenvalue weighted by atomic mass is 10.2. The van der Waals surface area contributed by atoms with Crippen LogP contribution in [0.4, 0.5) is 22.0 Å². The van der Waals surface area contributed by atoms with Crippen molar-refractivity contribution in [1.29, 1.82) is 0 Å². The summed E-state index contributed by atoms with van der Waals surface area (Å²) in [6.07, 6.45) is 0. The topological polar surface area (TPSA) is 71.4 Å². The third kappa shape index (κ3) is 3.19. The Morgan fingerprint density at radius 2 is 1.26 bits per heavy atom. The van der Waals surface area contributed by atoms with Gasteiger partial charge in [-0.05, 0) is 0 Å². The van der Waals surface area contributed by atoms with Crippen molar-refractivity contribution in [3.8, 4) is 0 Å². The van der Waals surface area contributed by atoms with Crippen molar-refractivity contribution in [3.63, 3.8) is 0 Å². The molecule has 0 radical (unpaired) electrons. The minimum atomic E-state index is -4.56. The number of aliphatic carboxylic acids is 1. The molecule has 0 saturated heterocycles. The first-order chi connectivity index (χ1) is 8.57. The Morgan fingerprint density at radius 1 is 0.895 bits per heavy atom. The molecule has 0 heterocycles. The van der Waals surface area contributed by atoms with Crippen LogP contribution in [0.1, 0.15) is 5.56 Å². The van der Waals surface area contributed by atoms with Gasteiger partial charge in [0.15, 0.2) is 33.1 Å². The van der Waals surface area contributed by atoms with Gasteiger partial charge in [0.2, 0.25) is 5.82 Å². The van der Waals surface area contributed by atoms with E-state index < -0.39 is 62.0 Å². The van der Waals surface area contributed by atoms with Gasteiger partial charge in [-0.2, -0.15) is 0 Å². The van der Waals surface area contributed by atoms with Crippen molar-refractivity contribution in [2.24, 2.45) is 0 Å². The lowest BCUT2D eigenvalue weighted by Crippen LogP contribution is -2.19. The van der Waals surface area contributed by atoms with Gasteiger partial charge in [-0.3, -0.25) is 4.79 Å². The average molecular weight is 304 g/mol. The van der Waals surface area contributed by atoms with Crippen LogP contribution >= 0.6 is 0 Å². The molecule has 0 unspecified atom stereocenters. The molecule has 1 aromatic carbocycles. The standard InChI is InChI=1S/C9H5F5O4S/c10-5-3(1-19(17,18)2-4(15)16)6(11)8(13)9(14)7(5)12/h1-2H2,(H,15,16). The summed E-state index contributed by atoms with van der Waals surface area (Å²) in [5, 5.41) is 8.24. The Morgan fingerprint density at radius 3 is 1.63 bits per heavy atom. The summed E-state index contributed by atoms with van der Waals surface area (Å²) in [6, 6.07) is 0. The van der Waals surface area contributed by atoms with Crippen LogP contribution < -0.4 is 0 Å². The largest absolute Gasteiger partial charge is 0.480 e. The SMILES string of the molecule is O=C(O)CS(=O)(=O)Cc1c(F)c(F)c(F)c(F)c1F. The van der Waals surface area contributed by atoms with Gasteiger partial charge in [-0.15, -0.1) is 0 Å².